The molecule has 1 heterocycles. The van der Waals surface area contributed by atoms with Gasteiger partial charge in [-0.1, -0.05) is 11.6 Å². The van der Waals surface area contributed by atoms with Gasteiger partial charge in [0.25, 0.3) is 5.91 Å². The van der Waals surface area contributed by atoms with Crippen molar-refractivity contribution < 1.29 is 19.5 Å². The summed E-state index contributed by atoms with van der Waals surface area (Å²) in [6.07, 6.45) is -0.130. The summed E-state index contributed by atoms with van der Waals surface area (Å²) in [5, 5.41) is 9.46. The monoisotopic (exact) mass is 267 g/mol. The van der Waals surface area contributed by atoms with Crippen molar-refractivity contribution in [1.82, 2.24) is 4.90 Å². The molecule has 1 atom stereocenters. The maximum Gasteiger partial charge on any atom is 0.326 e. The molecule has 1 N–H and O–H groups in total. The van der Waals surface area contributed by atoms with Gasteiger partial charge in [-0.25, -0.2) is 4.79 Å². The number of likely N-dealkylation sites (tertiary alicyclic amines) is 1. The van der Waals surface area contributed by atoms with Gasteiger partial charge in [-0.05, 0) is 24.3 Å². The lowest BCUT2D eigenvalue weighted by molar-refractivity contribution is -0.141. The summed E-state index contributed by atoms with van der Waals surface area (Å²) >= 11 is 5.71. The quantitative estimate of drug-likeness (QED) is 0.874. The fourth-order valence-electron chi connectivity index (χ4n) is 1.88. The number of hydrogen-bond donors (Lipinski definition) is 1. The minimum absolute atomic E-state index is 0.130. The first-order valence-electron chi connectivity index (χ1n) is 5.30. The second-order valence-corrected chi connectivity index (χ2v) is 4.47. The third kappa shape index (κ3) is 2.36. The predicted octanol–water partition coefficient (Wildman–Crippen LogP) is 1.21. The number of amides is 1. The van der Waals surface area contributed by atoms with Crippen molar-refractivity contribution in [2.24, 2.45) is 0 Å². The molecule has 0 bridgehead atoms. The van der Waals surface area contributed by atoms with Crippen LogP contribution in [0.5, 0.6) is 0 Å². The Hall–Kier alpha value is -1.88. The fraction of sp³-hybridized carbons (Fsp3) is 0.250. The summed E-state index contributed by atoms with van der Waals surface area (Å²) in [5.41, 5.74) is 0.320. The van der Waals surface area contributed by atoms with Crippen molar-refractivity contribution in [3.8, 4) is 0 Å². The summed E-state index contributed by atoms with van der Waals surface area (Å²) in [6, 6.07) is 5.03. The number of benzene rings is 1. The number of hydrogen-bond acceptors (Lipinski definition) is 3. The summed E-state index contributed by atoms with van der Waals surface area (Å²) in [7, 11) is 0. The topological polar surface area (TPSA) is 74.7 Å². The van der Waals surface area contributed by atoms with Crippen LogP contribution in [0.2, 0.25) is 5.02 Å². The minimum Gasteiger partial charge on any atom is -0.480 e. The first-order chi connectivity index (χ1) is 8.49. The molecule has 1 saturated heterocycles. The smallest absolute Gasteiger partial charge is 0.326 e. The lowest BCUT2D eigenvalue weighted by Crippen LogP contribution is -2.40. The molecule has 0 spiro atoms. The molecule has 1 amide bonds. The molecule has 1 aromatic rings. The van der Waals surface area contributed by atoms with Crippen LogP contribution in [-0.4, -0.2) is 40.3 Å². The number of rotatable bonds is 2. The van der Waals surface area contributed by atoms with E-state index in [0.717, 1.165) is 4.90 Å². The van der Waals surface area contributed by atoms with Crippen LogP contribution in [-0.2, 0) is 9.59 Å². The normalized spacial score (nSPS) is 19.1. The van der Waals surface area contributed by atoms with E-state index in [9.17, 15) is 14.4 Å². The van der Waals surface area contributed by atoms with Gasteiger partial charge in [0.05, 0.1) is 6.54 Å². The van der Waals surface area contributed by atoms with Crippen LogP contribution in [0.1, 0.15) is 16.8 Å². The molecule has 1 aromatic carbocycles. The zero-order chi connectivity index (χ0) is 13.3. The molecule has 6 heteroatoms. The summed E-state index contributed by atoms with van der Waals surface area (Å²) in [5.74, 6) is -1.88. The molecule has 5 nitrogen and oxygen atoms in total. The number of ketones is 1. The number of carbonyl (C=O) groups is 3. The Morgan fingerprint density at radius 2 is 1.89 bits per heavy atom. The van der Waals surface area contributed by atoms with Crippen LogP contribution in [0.4, 0.5) is 0 Å². The highest BCUT2D eigenvalue weighted by atomic mass is 35.5. The standard InChI is InChI=1S/C12H10ClNO4/c13-8-3-1-7(2-4-8)11(16)14-6-9(15)5-10(14)12(17)18/h1-4,10H,5-6H2,(H,17,18). The number of Topliss-reactive ketones (excluding diaryl/α,β-unsaturated/α-hetero) is 1. The molecule has 0 aromatic heterocycles. The summed E-state index contributed by atoms with van der Waals surface area (Å²) < 4.78 is 0. The Morgan fingerprint density at radius 3 is 2.44 bits per heavy atom. The van der Waals surface area contributed by atoms with Crippen LogP contribution < -0.4 is 0 Å². The van der Waals surface area contributed by atoms with E-state index in [4.69, 9.17) is 16.7 Å². The Kier molecular flexibility index (Phi) is 3.34. The molecule has 18 heavy (non-hydrogen) atoms. The molecule has 2 rings (SSSR count). The Balaban J connectivity index is 2.25. The molecule has 0 aliphatic carbocycles. The van der Waals surface area contributed by atoms with Crippen molar-refractivity contribution in [3.05, 3.63) is 34.9 Å². The summed E-state index contributed by atoms with van der Waals surface area (Å²) in [6.45, 7) is -0.154. The van der Waals surface area contributed by atoms with E-state index in [2.05, 4.69) is 0 Å². The summed E-state index contributed by atoms with van der Waals surface area (Å²) in [4.78, 5) is 35.4. The maximum atomic E-state index is 12.1. The van der Waals surface area contributed by atoms with E-state index in [1.165, 1.54) is 12.1 Å². The van der Waals surface area contributed by atoms with E-state index in [1.807, 2.05) is 0 Å². The fourth-order valence-corrected chi connectivity index (χ4v) is 2.01. The van der Waals surface area contributed by atoms with Gasteiger partial charge in [0, 0.05) is 17.0 Å². The number of carbonyl (C=O) groups excluding carboxylic acids is 2. The number of carboxylic acids is 1. The SMILES string of the molecule is O=C1CC(C(=O)O)N(C(=O)c2ccc(Cl)cc2)C1. The third-order valence-electron chi connectivity index (χ3n) is 2.78. The van der Waals surface area contributed by atoms with Crippen molar-refractivity contribution in [2.75, 3.05) is 6.54 Å². The second kappa shape index (κ2) is 4.78. The number of nitrogens with zero attached hydrogens (tertiary/aromatic N) is 1. The first kappa shape index (κ1) is 12.6. The predicted molar refractivity (Wildman–Crippen MR) is 63.5 cm³/mol. The Morgan fingerprint density at radius 1 is 1.28 bits per heavy atom. The van der Waals surface area contributed by atoms with Gasteiger partial charge >= 0.3 is 5.97 Å². The van der Waals surface area contributed by atoms with E-state index >= 15 is 0 Å². The Labute approximate surface area is 108 Å². The molecule has 1 aliphatic rings. The highest BCUT2D eigenvalue weighted by Crippen LogP contribution is 2.19. The number of halogens is 1. The van der Waals surface area contributed by atoms with Crippen molar-refractivity contribution in [3.63, 3.8) is 0 Å². The zero-order valence-corrected chi connectivity index (χ0v) is 10.1. The van der Waals surface area contributed by atoms with E-state index < -0.39 is 17.9 Å². The van der Waals surface area contributed by atoms with Crippen LogP contribution in [0.3, 0.4) is 0 Å². The zero-order valence-electron chi connectivity index (χ0n) is 9.30. The molecule has 0 saturated carbocycles. The van der Waals surface area contributed by atoms with Crippen LogP contribution in [0.15, 0.2) is 24.3 Å². The van der Waals surface area contributed by atoms with Crippen LogP contribution in [0, 0.1) is 0 Å². The number of carboxylic acid groups (broad SMARTS) is 1. The van der Waals surface area contributed by atoms with E-state index in [1.54, 1.807) is 12.1 Å². The highest BCUT2D eigenvalue weighted by Gasteiger charge is 2.38. The van der Waals surface area contributed by atoms with Gasteiger partial charge in [0.2, 0.25) is 0 Å². The average molecular weight is 268 g/mol. The molecule has 1 fully saturated rings. The van der Waals surface area contributed by atoms with Crippen LogP contribution >= 0.6 is 11.6 Å². The first-order valence-corrected chi connectivity index (χ1v) is 5.68. The van der Waals surface area contributed by atoms with Gasteiger partial charge in [-0.15, -0.1) is 0 Å². The Bertz CT molecular complexity index is 511. The van der Waals surface area contributed by atoms with Crippen molar-refractivity contribution in [2.45, 2.75) is 12.5 Å². The molecule has 1 unspecified atom stereocenters. The van der Waals surface area contributed by atoms with Gasteiger partial charge in [0.15, 0.2) is 5.78 Å². The molecular formula is C12H10ClNO4. The third-order valence-corrected chi connectivity index (χ3v) is 3.03. The van der Waals surface area contributed by atoms with Gasteiger partial charge in [0.1, 0.15) is 6.04 Å². The van der Waals surface area contributed by atoms with Crippen molar-refractivity contribution in [1.29, 1.82) is 0 Å². The van der Waals surface area contributed by atoms with Gasteiger partial charge < -0.3 is 10.0 Å². The highest BCUT2D eigenvalue weighted by molar-refractivity contribution is 6.30. The number of aliphatic carboxylic acids is 1. The van der Waals surface area contributed by atoms with Crippen molar-refractivity contribution >= 4 is 29.3 Å². The van der Waals surface area contributed by atoms with E-state index in [-0.39, 0.29) is 18.7 Å². The van der Waals surface area contributed by atoms with E-state index in [0.29, 0.717) is 10.6 Å². The lowest BCUT2D eigenvalue weighted by Gasteiger charge is -2.20. The molecule has 0 radical (unpaired) electrons. The van der Waals surface area contributed by atoms with Gasteiger partial charge in [-0.3, -0.25) is 9.59 Å². The maximum absolute atomic E-state index is 12.1. The molecule has 94 valence electrons. The molecular weight excluding hydrogens is 258 g/mol. The molecule has 1 aliphatic heterocycles. The minimum atomic E-state index is -1.16. The van der Waals surface area contributed by atoms with Crippen LogP contribution in [0.25, 0.3) is 0 Å². The second-order valence-electron chi connectivity index (χ2n) is 4.04. The lowest BCUT2D eigenvalue weighted by atomic mass is 10.1. The van der Waals surface area contributed by atoms with Gasteiger partial charge in [-0.2, -0.15) is 0 Å². The largest absolute Gasteiger partial charge is 0.480 e. The average Bonchev–Trinajstić information content (AvgIpc) is 2.71.